The second-order valence-corrected chi connectivity index (χ2v) is 4.19. The second kappa shape index (κ2) is 5.24. The van der Waals surface area contributed by atoms with E-state index in [0.717, 1.165) is 12.1 Å². The summed E-state index contributed by atoms with van der Waals surface area (Å²) in [5, 5.41) is 2.39. The monoisotopic (exact) mass is 282 g/mol. The summed E-state index contributed by atoms with van der Waals surface area (Å²) in [5.74, 6) is -2.06. The number of carbonyl (C=O) groups is 1. The summed E-state index contributed by atoms with van der Waals surface area (Å²) in [4.78, 5) is 11.9. The lowest BCUT2D eigenvalue weighted by Crippen LogP contribution is -2.14. The number of nitrogen functional groups attached to an aromatic ring is 1. The zero-order valence-electron chi connectivity index (χ0n) is 9.58. The lowest BCUT2D eigenvalue weighted by atomic mass is 10.2. The standard InChI is InChI=1S/C13H9ClF2N2O/c14-8-2-1-3-10(16)12(8)13(19)18-7-4-5-9(15)11(17)6-7/h1-6H,17H2,(H,18,19). The number of carbonyl (C=O) groups excluding carboxylic acids is 1. The van der Waals surface area contributed by atoms with E-state index in [2.05, 4.69) is 5.32 Å². The number of benzene rings is 2. The van der Waals surface area contributed by atoms with Crippen molar-refractivity contribution in [3.63, 3.8) is 0 Å². The molecule has 0 saturated heterocycles. The molecular formula is C13H9ClF2N2O. The molecule has 0 atom stereocenters. The van der Waals surface area contributed by atoms with Gasteiger partial charge in [-0.25, -0.2) is 8.78 Å². The van der Waals surface area contributed by atoms with E-state index < -0.39 is 17.5 Å². The van der Waals surface area contributed by atoms with E-state index >= 15 is 0 Å². The Morgan fingerprint density at radius 3 is 2.53 bits per heavy atom. The van der Waals surface area contributed by atoms with Crippen LogP contribution in [-0.2, 0) is 0 Å². The van der Waals surface area contributed by atoms with Crippen LogP contribution < -0.4 is 11.1 Å². The number of anilines is 2. The van der Waals surface area contributed by atoms with Crippen molar-refractivity contribution in [1.82, 2.24) is 0 Å². The van der Waals surface area contributed by atoms with Gasteiger partial charge in [-0.05, 0) is 30.3 Å². The van der Waals surface area contributed by atoms with Gasteiger partial charge in [-0.2, -0.15) is 0 Å². The first-order valence-electron chi connectivity index (χ1n) is 5.29. The molecule has 3 nitrogen and oxygen atoms in total. The first-order chi connectivity index (χ1) is 8.99. The first-order valence-corrected chi connectivity index (χ1v) is 5.67. The van der Waals surface area contributed by atoms with Gasteiger partial charge in [-0.15, -0.1) is 0 Å². The van der Waals surface area contributed by atoms with Crippen molar-refractivity contribution in [2.24, 2.45) is 0 Å². The predicted molar refractivity (Wildman–Crippen MR) is 70.2 cm³/mol. The number of halogens is 3. The summed E-state index contributed by atoms with van der Waals surface area (Å²) in [5.41, 5.74) is 5.24. The highest BCUT2D eigenvalue weighted by Gasteiger charge is 2.16. The molecule has 0 saturated carbocycles. The molecule has 0 aliphatic heterocycles. The van der Waals surface area contributed by atoms with Crippen molar-refractivity contribution in [3.05, 3.63) is 58.6 Å². The van der Waals surface area contributed by atoms with Crippen LogP contribution in [0.4, 0.5) is 20.2 Å². The van der Waals surface area contributed by atoms with E-state index in [4.69, 9.17) is 17.3 Å². The number of nitrogens with one attached hydrogen (secondary N) is 1. The Bertz CT molecular complexity index is 626. The zero-order chi connectivity index (χ0) is 14.0. The molecule has 2 aromatic carbocycles. The largest absolute Gasteiger partial charge is 0.396 e. The first kappa shape index (κ1) is 13.3. The normalized spacial score (nSPS) is 10.3. The molecule has 0 spiro atoms. The predicted octanol–water partition coefficient (Wildman–Crippen LogP) is 3.45. The third-order valence-electron chi connectivity index (χ3n) is 2.44. The lowest BCUT2D eigenvalue weighted by molar-refractivity contribution is 0.102. The number of amides is 1. The van der Waals surface area contributed by atoms with E-state index in [0.29, 0.717) is 0 Å². The van der Waals surface area contributed by atoms with Crippen LogP contribution in [0.3, 0.4) is 0 Å². The molecule has 1 amide bonds. The average molecular weight is 283 g/mol. The molecular weight excluding hydrogens is 274 g/mol. The Hall–Kier alpha value is -2.14. The summed E-state index contributed by atoms with van der Waals surface area (Å²) < 4.78 is 26.5. The topological polar surface area (TPSA) is 55.1 Å². The molecule has 0 bridgehead atoms. The van der Waals surface area contributed by atoms with Crippen molar-refractivity contribution in [3.8, 4) is 0 Å². The fourth-order valence-electron chi connectivity index (χ4n) is 1.53. The molecule has 0 aliphatic carbocycles. The molecule has 19 heavy (non-hydrogen) atoms. The van der Waals surface area contributed by atoms with Gasteiger partial charge < -0.3 is 11.1 Å². The highest BCUT2D eigenvalue weighted by Crippen LogP contribution is 2.22. The van der Waals surface area contributed by atoms with Gasteiger partial charge in [-0.3, -0.25) is 4.79 Å². The summed E-state index contributed by atoms with van der Waals surface area (Å²) in [6.07, 6.45) is 0. The van der Waals surface area contributed by atoms with E-state index in [1.54, 1.807) is 0 Å². The van der Waals surface area contributed by atoms with E-state index in [-0.39, 0.29) is 22.0 Å². The second-order valence-electron chi connectivity index (χ2n) is 3.79. The van der Waals surface area contributed by atoms with Crippen LogP contribution >= 0.6 is 11.6 Å². The van der Waals surface area contributed by atoms with Gasteiger partial charge in [0.25, 0.3) is 5.91 Å². The van der Waals surface area contributed by atoms with Gasteiger partial charge in [0.1, 0.15) is 11.6 Å². The summed E-state index contributed by atoms with van der Waals surface area (Å²) >= 11 is 5.76. The maximum absolute atomic E-state index is 13.5. The van der Waals surface area contributed by atoms with Crippen LogP contribution in [0.5, 0.6) is 0 Å². The van der Waals surface area contributed by atoms with Gasteiger partial charge in [0, 0.05) is 5.69 Å². The minimum absolute atomic E-state index is 0.00687. The Morgan fingerprint density at radius 2 is 1.89 bits per heavy atom. The molecule has 98 valence electrons. The van der Waals surface area contributed by atoms with Gasteiger partial charge >= 0.3 is 0 Å². The molecule has 3 N–H and O–H groups in total. The average Bonchev–Trinajstić information content (AvgIpc) is 2.33. The maximum Gasteiger partial charge on any atom is 0.260 e. The van der Waals surface area contributed by atoms with E-state index in [1.807, 2.05) is 0 Å². The van der Waals surface area contributed by atoms with Gasteiger partial charge in [0.05, 0.1) is 16.3 Å². The highest BCUT2D eigenvalue weighted by molar-refractivity contribution is 6.34. The Balaban J connectivity index is 2.28. The maximum atomic E-state index is 13.5. The molecule has 0 aromatic heterocycles. The van der Waals surface area contributed by atoms with Gasteiger partial charge in [-0.1, -0.05) is 17.7 Å². The zero-order valence-corrected chi connectivity index (χ0v) is 10.3. The van der Waals surface area contributed by atoms with Crippen LogP contribution in [0.2, 0.25) is 5.02 Å². The van der Waals surface area contributed by atoms with Crippen molar-refractivity contribution >= 4 is 28.9 Å². The fraction of sp³-hybridized carbons (Fsp3) is 0. The van der Waals surface area contributed by atoms with Crippen molar-refractivity contribution in [1.29, 1.82) is 0 Å². The quantitative estimate of drug-likeness (QED) is 0.829. The number of hydrogen-bond donors (Lipinski definition) is 2. The highest BCUT2D eigenvalue weighted by atomic mass is 35.5. The molecule has 0 unspecified atom stereocenters. The van der Waals surface area contributed by atoms with Crippen molar-refractivity contribution < 1.29 is 13.6 Å². The Labute approximate surface area is 113 Å². The molecule has 0 radical (unpaired) electrons. The Morgan fingerprint density at radius 1 is 1.16 bits per heavy atom. The summed E-state index contributed by atoms with van der Waals surface area (Å²) in [6, 6.07) is 7.58. The van der Waals surface area contributed by atoms with Crippen LogP contribution in [-0.4, -0.2) is 5.91 Å². The Kier molecular flexibility index (Phi) is 3.66. The van der Waals surface area contributed by atoms with Crippen molar-refractivity contribution in [2.45, 2.75) is 0 Å². The van der Waals surface area contributed by atoms with Gasteiger partial charge in [0.2, 0.25) is 0 Å². The molecule has 2 aromatic rings. The smallest absolute Gasteiger partial charge is 0.260 e. The van der Waals surface area contributed by atoms with E-state index in [9.17, 15) is 13.6 Å². The third kappa shape index (κ3) is 2.82. The fourth-order valence-corrected chi connectivity index (χ4v) is 1.78. The molecule has 2 rings (SSSR count). The van der Waals surface area contributed by atoms with Crippen LogP contribution in [0.15, 0.2) is 36.4 Å². The van der Waals surface area contributed by atoms with Crippen molar-refractivity contribution in [2.75, 3.05) is 11.1 Å². The minimum Gasteiger partial charge on any atom is -0.396 e. The number of nitrogens with two attached hydrogens (primary N) is 1. The summed E-state index contributed by atoms with van der Waals surface area (Å²) in [7, 11) is 0. The number of hydrogen-bond acceptors (Lipinski definition) is 2. The molecule has 0 heterocycles. The lowest BCUT2D eigenvalue weighted by Gasteiger charge is -2.08. The minimum atomic E-state index is -0.736. The summed E-state index contributed by atoms with van der Waals surface area (Å²) in [6.45, 7) is 0. The third-order valence-corrected chi connectivity index (χ3v) is 2.76. The molecule has 6 heteroatoms. The van der Waals surface area contributed by atoms with E-state index in [1.165, 1.54) is 24.3 Å². The molecule has 0 fully saturated rings. The van der Waals surface area contributed by atoms with Gasteiger partial charge in [0.15, 0.2) is 0 Å². The van der Waals surface area contributed by atoms with Crippen LogP contribution in [0.25, 0.3) is 0 Å². The van der Waals surface area contributed by atoms with Crippen LogP contribution in [0, 0.1) is 11.6 Å². The number of rotatable bonds is 2. The van der Waals surface area contributed by atoms with Crippen LogP contribution in [0.1, 0.15) is 10.4 Å². The molecule has 0 aliphatic rings. The SMILES string of the molecule is Nc1cc(NC(=O)c2c(F)cccc2Cl)ccc1F.